The van der Waals surface area contributed by atoms with E-state index in [1.54, 1.807) is 4.90 Å². The fraction of sp³-hybridized carbons (Fsp3) is 0.542. The first-order chi connectivity index (χ1) is 15.2. The van der Waals surface area contributed by atoms with Crippen molar-refractivity contribution < 1.29 is 19.1 Å². The summed E-state index contributed by atoms with van der Waals surface area (Å²) in [6.07, 6.45) is 1.80. The van der Waals surface area contributed by atoms with Gasteiger partial charge < -0.3 is 19.3 Å². The molecule has 0 bridgehead atoms. The normalized spacial score (nSPS) is 18.9. The molecular weight excluding hydrogens is 426 g/mol. The van der Waals surface area contributed by atoms with Gasteiger partial charge in [-0.25, -0.2) is 4.98 Å². The van der Waals surface area contributed by atoms with E-state index in [2.05, 4.69) is 4.98 Å². The zero-order valence-corrected chi connectivity index (χ0v) is 20.0. The van der Waals surface area contributed by atoms with Crippen molar-refractivity contribution in [3.05, 3.63) is 45.9 Å². The molecule has 2 aliphatic heterocycles. The van der Waals surface area contributed by atoms with Gasteiger partial charge in [0.2, 0.25) is 0 Å². The predicted octanol–water partition coefficient (Wildman–Crippen LogP) is 4.16. The fourth-order valence-electron chi connectivity index (χ4n) is 4.14. The van der Waals surface area contributed by atoms with Crippen LogP contribution < -0.4 is 4.74 Å². The van der Waals surface area contributed by atoms with Crippen LogP contribution in [0, 0.1) is 0 Å². The molecule has 0 radical (unpaired) electrons. The molecule has 0 N–H and O–H groups in total. The number of carbonyl (C=O) groups excluding carboxylic acids is 2. The van der Waals surface area contributed by atoms with Gasteiger partial charge in [-0.2, -0.15) is 0 Å². The van der Waals surface area contributed by atoms with Crippen molar-refractivity contribution in [1.29, 1.82) is 0 Å². The molecule has 0 spiro atoms. The Labute approximate surface area is 193 Å². The Morgan fingerprint density at radius 3 is 2.44 bits per heavy atom. The zero-order valence-electron chi connectivity index (χ0n) is 19.2. The summed E-state index contributed by atoms with van der Waals surface area (Å²) in [5.74, 6) is 1.02. The SMILES string of the molecule is CC(C)Oc1ccc(C(=O)N2CCC(c3nc(C(=O)N4COCC4(C)C)cs3)CC2)cc1. The van der Waals surface area contributed by atoms with Gasteiger partial charge in [0.25, 0.3) is 11.8 Å². The summed E-state index contributed by atoms with van der Waals surface area (Å²) in [6, 6.07) is 7.35. The van der Waals surface area contributed by atoms with Gasteiger partial charge in [-0.15, -0.1) is 11.3 Å². The van der Waals surface area contributed by atoms with E-state index in [0.717, 1.165) is 23.6 Å². The van der Waals surface area contributed by atoms with E-state index in [1.807, 2.05) is 62.2 Å². The number of benzene rings is 1. The summed E-state index contributed by atoms with van der Waals surface area (Å²) in [7, 11) is 0. The lowest BCUT2D eigenvalue weighted by atomic mass is 9.97. The number of aromatic nitrogens is 1. The van der Waals surface area contributed by atoms with Gasteiger partial charge in [0.1, 0.15) is 18.2 Å². The number of hydrogen-bond acceptors (Lipinski definition) is 6. The van der Waals surface area contributed by atoms with Crippen LogP contribution in [0.3, 0.4) is 0 Å². The highest BCUT2D eigenvalue weighted by Gasteiger charge is 2.38. The van der Waals surface area contributed by atoms with E-state index in [1.165, 1.54) is 11.3 Å². The number of rotatable bonds is 5. The van der Waals surface area contributed by atoms with Gasteiger partial charge >= 0.3 is 0 Å². The second kappa shape index (κ2) is 9.19. The molecule has 172 valence electrons. The van der Waals surface area contributed by atoms with Gasteiger partial charge in [-0.3, -0.25) is 9.59 Å². The van der Waals surface area contributed by atoms with Gasteiger partial charge in [-0.05, 0) is 64.8 Å². The van der Waals surface area contributed by atoms with Crippen LogP contribution in [0.5, 0.6) is 5.75 Å². The third-order valence-corrected chi connectivity index (χ3v) is 7.00. The van der Waals surface area contributed by atoms with Crippen LogP contribution in [-0.2, 0) is 4.74 Å². The molecule has 0 unspecified atom stereocenters. The van der Waals surface area contributed by atoms with Crippen molar-refractivity contribution in [3.8, 4) is 5.75 Å². The Morgan fingerprint density at radius 1 is 1.16 bits per heavy atom. The topological polar surface area (TPSA) is 72.0 Å². The zero-order chi connectivity index (χ0) is 22.9. The molecule has 1 aromatic carbocycles. The molecular formula is C24H31N3O4S. The molecule has 0 aliphatic carbocycles. The van der Waals surface area contributed by atoms with Gasteiger partial charge in [-0.1, -0.05) is 0 Å². The summed E-state index contributed by atoms with van der Waals surface area (Å²) in [5, 5.41) is 2.83. The maximum atomic E-state index is 12.9. The molecule has 8 heteroatoms. The van der Waals surface area contributed by atoms with Crippen molar-refractivity contribution in [2.45, 2.75) is 58.1 Å². The van der Waals surface area contributed by atoms with Crippen molar-refractivity contribution >= 4 is 23.2 Å². The van der Waals surface area contributed by atoms with E-state index in [-0.39, 0.29) is 29.4 Å². The number of carbonyl (C=O) groups is 2. The molecule has 2 amide bonds. The number of hydrogen-bond donors (Lipinski definition) is 0. The first-order valence-corrected chi connectivity index (χ1v) is 12.0. The summed E-state index contributed by atoms with van der Waals surface area (Å²) < 4.78 is 11.1. The minimum Gasteiger partial charge on any atom is -0.491 e. The highest BCUT2D eigenvalue weighted by molar-refractivity contribution is 7.09. The summed E-state index contributed by atoms with van der Waals surface area (Å²) >= 11 is 1.54. The van der Waals surface area contributed by atoms with Crippen LogP contribution >= 0.6 is 11.3 Å². The van der Waals surface area contributed by atoms with Crippen molar-refractivity contribution in [2.24, 2.45) is 0 Å². The lowest BCUT2D eigenvalue weighted by Gasteiger charge is -2.31. The molecule has 1 aromatic heterocycles. The molecule has 2 fully saturated rings. The van der Waals surface area contributed by atoms with E-state index in [4.69, 9.17) is 9.47 Å². The van der Waals surface area contributed by atoms with Crippen molar-refractivity contribution in [3.63, 3.8) is 0 Å². The molecule has 2 saturated heterocycles. The van der Waals surface area contributed by atoms with Crippen LogP contribution in [-0.4, -0.2) is 64.7 Å². The standard InChI is InChI=1S/C24H31N3O4S/c1-16(2)31-19-7-5-18(6-8-19)22(28)26-11-9-17(10-12-26)21-25-20(13-32-21)23(29)27-15-30-14-24(27,3)4/h5-8,13,16-17H,9-12,14-15H2,1-4H3. The molecule has 32 heavy (non-hydrogen) atoms. The minimum atomic E-state index is -0.314. The number of nitrogens with zero attached hydrogens (tertiary/aromatic N) is 3. The smallest absolute Gasteiger partial charge is 0.275 e. The molecule has 3 heterocycles. The maximum Gasteiger partial charge on any atom is 0.275 e. The average Bonchev–Trinajstić information content (AvgIpc) is 3.39. The second-order valence-electron chi connectivity index (χ2n) is 9.35. The van der Waals surface area contributed by atoms with Crippen molar-refractivity contribution in [1.82, 2.24) is 14.8 Å². The van der Waals surface area contributed by atoms with Crippen LogP contribution in [0.1, 0.15) is 72.3 Å². The fourth-order valence-corrected chi connectivity index (χ4v) is 5.11. The number of thiazole rings is 1. The highest BCUT2D eigenvalue weighted by Crippen LogP contribution is 2.32. The Balaban J connectivity index is 1.34. The van der Waals surface area contributed by atoms with Crippen LogP contribution in [0.15, 0.2) is 29.6 Å². The van der Waals surface area contributed by atoms with Crippen molar-refractivity contribution in [2.75, 3.05) is 26.4 Å². The number of amides is 2. The molecule has 2 aliphatic rings. The number of ether oxygens (including phenoxy) is 2. The van der Waals surface area contributed by atoms with Crippen LogP contribution in [0.4, 0.5) is 0 Å². The first-order valence-electron chi connectivity index (χ1n) is 11.2. The Kier molecular flexibility index (Phi) is 6.53. The van der Waals surface area contributed by atoms with Gasteiger partial charge in [0, 0.05) is 30.0 Å². The Bertz CT molecular complexity index is 962. The van der Waals surface area contributed by atoms with E-state index in [9.17, 15) is 9.59 Å². The molecule has 0 atom stereocenters. The largest absolute Gasteiger partial charge is 0.491 e. The summed E-state index contributed by atoms with van der Waals surface area (Å²) in [4.78, 5) is 34.1. The summed E-state index contributed by atoms with van der Waals surface area (Å²) in [6.45, 7) is 10.2. The third-order valence-electron chi connectivity index (χ3n) is 6.00. The quantitative estimate of drug-likeness (QED) is 0.674. The second-order valence-corrected chi connectivity index (χ2v) is 10.2. The minimum absolute atomic E-state index is 0.0471. The summed E-state index contributed by atoms with van der Waals surface area (Å²) in [5.41, 5.74) is 0.856. The number of likely N-dealkylation sites (tertiary alicyclic amines) is 1. The van der Waals surface area contributed by atoms with Gasteiger partial charge in [0.15, 0.2) is 0 Å². The number of piperidine rings is 1. The predicted molar refractivity (Wildman–Crippen MR) is 123 cm³/mol. The Morgan fingerprint density at radius 2 is 1.84 bits per heavy atom. The van der Waals surface area contributed by atoms with E-state index < -0.39 is 0 Å². The highest BCUT2D eigenvalue weighted by atomic mass is 32.1. The average molecular weight is 458 g/mol. The molecule has 7 nitrogen and oxygen atoms in total. The van der Waals surface area contributed by atoms with Crippen LogP contribution in [0.2, 0.25) is 0 Å². The van der Waals surface area contributed by atoms with Crippen LogP contribution in [0.25, 0.3) is 0 Å². The van der Waals surface area contributed by atoms with E-state index in [0.29, 0.717) is 37.7 Å². The monoisotopic (exact) mass is 457 g/mol. The maximum absolute atomic E-state index is 12.9. The molecule has 0 saturated carbocycles. The lowest BCUT2D eigenvalue weighted by molar-refractivity contribution is 0.0600. The van der Waals surface area contributed by atoms with E-state index >= 15 is 0 Å². The third kappa shape index (κ3) is 4.81. The van der Waals surface area contributed by atoms with Gasteiger partial charge in [0.05, 0.1) is 23.3 Å². The first kappa shape index (κ1) is 22.7. The molecule has 4 rings (SSSR count). The lowest BCUT2D eigenvalue weighted by Crippen LogP contribution is -2.44. The molecule has 2 aromatic rings. The Hall–Kier alpha value is -2.45.